The summed E-state index contributed by atoms with van der Waals surface area (Å²) in [6.45, 7) is 1.86. The van der Waals surface area contributed by atoms with Crippen molar-refractivity contribution in [2.24, 2.45) is 0 Å². The molecule has 0 aromatic heterocycles. The van der Waals surface area contributed by atoms with Crippen LogP contribution in [-0.4, -0.2) is 14.4 Å². The fraction of sp³-hybridized carbons (Fsp3) is 1.00. The predicted molar refractivity (Wildman–Crippen MR) is 41.5 cm³/mol. The lowest BCUT2D eigenvalue weighted by Gasteiger charge is -2.33. The molecule has 0 saturated heterocycles. The van der Waals surface area contributed by atoms with Crippen molar-refractivity contribution in [1.82, 2.24) is 0 Å². The van der Waals surface area contributed by atoms with Gasteiger partial charge >= 0.3 is 0 Å². The van der Waals surface area contributed by atoms with Crippen LogP contribution in [0.3, 0.4) is 0 Å². The lowest BCUT2D eigenvalue weighted by atomic mass is 9.87. The zero-order valence-electron chi connectivity index (χ0n) is 6.67. The molecule has 0 spiro atoms. The van der Waals surface area contributed by atoms with Crippen LogP contribution in [0.25, 0.3) is 0 Å². The highest BCUT2D eigenvalue weighted by Crippen LogP contribution is 2.31. The zero-order valence-corrected chi connectivity index (χ0v) is 7.49. The van der Waals surface area contributed by atoms with Gasteiger partial charge in [0.25, 0.3) is 0 Å². The minimum atomic E-state index is -2.35. The molecule has 1 aliphatic carbocycles. The minimum Gasteiger partial charge on any atom is -0.750 e. The van der Waals surface area contributed by atoms with Crippen LogP contribution in [-0.2, 0) is 15.5 Å². The van der Waals surface area contributed by atoms with Crippen molar-refractivity contribution in [1.29, 1.82) is 0 Å². The van der Waals surface area contributed by atoms with Gasteiger partial charge in [-0.3, -0.25) is 4.18 Å². The Balaban J connectivity index is 2.43. The topological polar surface area (TPSA) is 49.4 Å². The van der Waals surface area contributed by atoms with E-state index in [1.807, 2.05) is 6.92 Å². The Morgan fingerprint density at radius 3 is 2.36 bits per heavy atom. The maximum atomic E-state index is 10.3. The third-order valence-electron chi connectivity index (χ3n) is 2.18. The Morgan fingerprint density at radius 2 is 1.91 bits per heavy atom. The number of hydrogen-bond acceptors (Lipinski definition) is 3. The van der Waals surface area contributed by atoms with Crippen LogP contribution >= 0.6 is 0 Å². The molecule has 1 rings (SSSR count). The normalized spacial score (nSPS) is 26.4. The fourth-order valence-electron chi connectivity index (χ4n) is 1.55. The van der Waals surface area contributed by atoms with Gasteiger partial charge in [0.05, 0.1) is 17.0 Å². The Labute approximate surface area is 69.6 Å². The molecule has 1 fully saturated rings. The highest BCUT2D eigenvalue weighted by Gasteiger charge is 2.28. The molecule has 0 bridgehead atoms. The molecule has 3 nitrogen and oxygen atoms in total. The Bertz CT molecular complexity index is 152. The average molecular weight is 177 g/mol. The van der Waals surface area contributed by atoms with E-state index < -0.39 is 17.0 Å². The average Bonchev–Trinajstić information content (AvgIpc) is 1.85. The first-order valence-electron chi connectivity index (χ1n) is 3.91. The summed E-state index contributed by atoms with van der Waals surface area (Å²) in [6, 6.07) is 0. The van der Waals surface area contributed by atoms with E-state index in [0.29, 0.717) is 0 Å². The van der Waals surface area contributed by atoms with Crippen LogP contribution in [0, 0.1) is 0 Å². The molecule has 1 aliphatic rings. The molecular formula is C7H13O3S-. The van der Waals surface area contributed by atoms with E-state index in [2.05, 4.69) is 0 Å². The van der Waals surface area contributed by atoms with E-state index in [9.17, 15) is 8.76 Å². The largest absolute Gasteiger partial charge is 0.750 e. The van der Waals surface area contributed by atoms with Crippen LogP contribution in [0.2, 0.25) is 0 Å². The highest BCUT2D eigenvalue weighted by molar-refractivity contribution is 7.74. The van der Waals surface area contributed by atoms with Crippen molar-refractivity contribution < 1.29 is 12.9 Å². The maximum Gasteiger partial charge on any atom is 0.0847 e. The summed E-state index contributed by atoms with van der Waals surface area (Å²) >= 11 is -2.35. The van der Waals surface area contributed by atoms with Crippen molar-refractivity contribution in [2.45, 2.75) is 44.6 Å². The van der Waals surface area contributed by atoms with Gasteiger partial charge in [-0.25, -0.2) is 4.21 Å². The van der Waals surface area contributed by atoms with E-state index >= 15 is 0 Å². The first-order valence-corrected chi connectivity index (χ1v) is 4.91. The van der Waals surface area contributed by atoms with Crippen molar-refractivity contribution in [3.63, 3.8) is 0 Å². The third-order valence-corrected chi connectivity index (χ3v) is 2.72. The van der Waals surface area contributed by atoms with Crippen LogP contribution in [0.5, 0.6) is 0 Å². The second-order valence-corrected chi connectivity index (χ2v) is 3.87. The minimum absolute atomic E-state index is 0.412. The van der Waals surface area contributed by atoms with E-state index in [0.717, 1.165) is 25.7 Å². The zero-order chi connectivity index (χ0) is 8.32. The molecular weight excluding hydrogens is 164 g/mol. The van der Waals surface area contributed by atoms with Gasteiger partial charge in [-0.1, -0.05) is 19.3 Å². The van der Waals surface area contributed by atoms with Crippen LogP contribution in [0.4, 0.5) is 0 Å². The first-order chi connectivity index (χ1) is 5.12. The summed E-state index contributed by atoms with van der Waals surface area (Å²) < 4.78 is 25.3. The molecule has 0 radical (unpaired) electrons. The van der Waals surface area contributed by atoms with Gasteiger partial charge in [0, 0.05) is 0 Å². The van der Waals surface area contributed by atoms with Crippen molar-refractivity contribution in [3.05, 3.63) is 0 Å². The fourth-order valence-corrected chi connectivity index (χ4v) is 2.04. The summed E-state index contributed by atoms with van der Waals surface area (Å²) in [7, 11) is 0. The number of rotatable bonds is 2. The molecule has 4 heteroatoms. The molecule has 1 atom stereocenters. The summed E-state index contributed by atoms with van der Waals surface area (Å²) in [5.74, 6) is 0. The summed E-state index contributed by atoms with van der Waals surface area (Å²) in [5.41, 5.74) is -0.412. The van der Waals surface area contributed by atoms with Crippen molar-refractivity contribution in [2.75, 3.05) is 0 Å². The van der Waals surface area contributed by atoms with Gasteiger partial charge in [-0.15, -0.1) is 0 Å². The standard InChI is InChI=1S/C7H14O3S/c1-7(10-11(8)9)5-3-2-4-6-7/h2-6H2,1H3,(H,8,9)/p-1. The second-order valence-electron chi connectivity index (χ2n) is 3.30. The third kappa shape index (κ3) is 2.89. The number of hydrogen-bond donors (Lipinski definition) is 0. The first kappa shape index (κ1) is 9.16. The van der Waals surface area contributed by atoms with Crippen LogP contribution in [0.1, 0.15) is 39.0 Å². The summed E-state index contributed by atoms with van der Waals surface area (Å²) in [6.07, 6.45) is 5.08. The Morgan fingerprint density at radius 1 is 1.36 bits per heavy atom. The predicted octanol–water partition coefficient (Wildman–Crippen LogP) is 1.52. The molecule has 0 amide bonds. The highest BCUT2D eigenvalue weighted by atomic mass is 32.2. The summed E-state index contributed by atoms with van der Waals surface area (Å²) in [5, 5.41) is 0. The van der Waals surface area contributed by atoms with Crippen molar-refractivity contribution in [3.8, 4) is 0 Å². The molecule has 0 aromatic carbocycles. The molecule has 1 saturated carbocycles. The van der Waals surface area contributed by atoms with Crippen LogP contribution < -0.4 is 0 Å². The van der Waals surface area contributed by atoms with Gasteiger partial charge in [0.15, 0.2) is 0 Å². The van der Waals surface area contributed by atoms with E-state index in [-0.39, 0.29) is 0 Å². The van der Waals surface area contributed by atoms with E-state index in [1.54, 1.807) is 0 Å². The quantitative estimate of drug-likeness (QED) is 0.601. The van der Waals surface area contributed by atoms with Crippen molar-refractivity contribution >= 4 is 11.4 Å². The molecule has 11 heavy (non-hydrogen) atoms. The summed E-state index contributed by atoms with van der Waals surface area (Å²) in [4.78, 5) is 0. The van der Waals surface area contributed by atoms with Gasteiger partial charge in [-0.05, 0) is 19.8 Å². The van der Waals surface area contributed by atoms with E-state index in [1.165, 1.54) is 6.42 Å². The van der Waals surface area contributed by atoms with Gasteiger partial charge in [0.1, 0.15) is 0 Å². The smallest absolute Gasteiger partial charge is 0.0847 e. The van der Waals surface area contributed by atoms with Gasteiger partial charge in [0.2, 0.25) is 0 Å². The molecule has 0 aromatic rings. The maximum absolute atomic E-state index is 10.3. The Hall–Kier alpha value is 0.0700. The monoisotopic (exact) mass is 177 g/mol. The second kappa shape index (κ2) is 3.65. The SMILES string of the molecule is CC1(OS(=O)[O-])CCCCC1. The molecule has 0 heterocycles. The van der Waals surface area contributed by atoms with Crippen LogP contribution in [0.15, 0.2) is 0 Å². The molecule has 1 unspecified atom stereocenters. The van der Waals surface area contributed by atoms with Gasteiger partial charge < -0.3 is 4.55 Å². The van der Waals surface area contributed by atoms with Gasteiger partial charge in [-0.2, -0.15) is 0 Å². The molecule has 0 N–H and O–H groups in total. The molecule has 0 aliphatic heterocycles. The van der Waals surface area contributed by atoms with E-state index in [4.69, 9.17) is 4.18 Å². The lowest BCUT2D eigenvalue weighted by Crippen LogP contribution is -2.31. The molecule has 66 valence electrons. The Kier molecular flexibility index (Phi) is 3.04. The lowest BCUT2D eigenvalue weighted by molar-refractivity contribution is 0.0527.